The van der Waals surface area contributed by atoms with E-state index < -0.39 is 11.9 Å². The molecule has 0 saturated heterocycles. The Morgan fingerprint density at radius 3 is 2.65 bits per heavy atom. The Kier molecular flexibility index (Phi) is 7.79. The van der Waals surface area contributed by atoms with Crippen LogP contribution in [0.1, 0.15) is 19.8 Å². The maximum atomic E-state index is 11.4. The van der Waals surface area contributed by atoms with Crippen LogP contribution in [0.25, 0.3) is 0 Å². The molecule has 1 atom stereocenters. The average molecular weight is 243 g/mol. The second kappa shape index (κ2) is 8.58. The number of Topliss-reactive ketones (excluding diaryl/α,β-unsaturated/α-hetero) is 1. The maximum absolute atomic E-state index is 11.4. The molecule has 0 aromatic rings. The standard InChI is InChI=1S/C11H18N2O4/c1-9(15)10(5-4-6-17-3)12-11(16)7-13(2)8-14/h8,10H,2,4-7H2,1,3H3/p+1. The lowest BCUT2D eigenvalue weighted by Crippen LogP contribution is -2.43. The van der Waals surface area contributed by atoms with Crippen molar-refractivity contribution in [2.75, 3.05) is 20.3 Å². The number of carbonyl (C=O) groups excluding carboxylic acids is 3. The van der Waals surface area contributed by atoms with Gasteiger partial charge >= 0.3 is 6.41 Å². The van der Waals surface area contributed by atoms with Crippen molar-refractivity contribution < 1.29 is 23.7 Å². The van der Waals surface area contributed by atoms with Crippen LogP contribution in [0.5, 0.6) is 0 Å². The molecular formula is C11H19N2O4+. The Bertz CT molecular complexity index is 302. The minimum Gasteiger partial charge on any atom is -0.385 e. The monoisotopic (exact) mass is 243 g/mol. The highest BCUT2D eigenvalue weighted by Gasteiger charge is 2.18. The van der Waals surface area contributed by atoms with Crippen molar-refractivity contribution >= 4 is 24.8 Å². The van der Waals surface area contributed by atoms with Crippen molar-refractivity contribution in [3.05, 3.63) is 0 Å². The van der Waals surface area contributed by atoms with Gasteiger partial charge in [0.05, 0.1) is 6.04 Å². The van der Waals surface area contributed by atoms with Gasteiger partial charge in [-0.25, -0.2) is 4.79 Å². The third-order valence-electron chi connectivity index (χ3n) is 2.16. The predicted molar refractivity (Wildman–Crippen MR) is 62.0 cm³/mol. The smallest absolute Gasteiger partial charge is 0.374 e. The summed E-state index contributed by atoms with van der Waals surface area (Å²) in [6, 6.07) is -0.530. The van der Waals surface area contributed by atoms with Crippen molar-refractivity contribution in [3.8, 4) is 0 Å². The summed E-state index contributed by atoms with van der Waals surface area (Å²) < 4.78 is 5.83. The fourth-order valence-electron chi connectivity index (χ4n) is 1.27. The summed E-state index contributed by atoms with van der Waals surface area (Å²) in [6.45, 7) is 5.12. The van der Waals surface area contributed by atoms with Gasteiger partial charge in [-0.3, -0.25) is 9.59 Å². The number of hydrogen-bond donors (Lipinski definition) is 1. The number of ketones is 1. The van der Waals surface area contributed by atoms with Crippen LogP contribution in [0.4, 0.5) is 0 Å². The van der Waals surface area contributed by atoms with Gasteiger partial charge in [-0.1, -0.05) is 0 Å². The first-order chi connectivity index (χ1) is 8.01. The molecule has 0 rings (SSSR count). The fourth-order valence-corrected chi connectivity index (χ4v) is 1.27. The zero-order chi connectivity index (χ0) is 13.3. The molecular weight excluding hydrogens is 224 g/mol. The first kappa shape index (κ1) is 15.4. The molecule has 6 nitrogen and oxygen atoms in total. The van der Waals surface area contributed by atoms with Crippen molar-refractivity contribution in [2.24, 2.45) is 0 Å². The normalized spacial score (nSPS) is 11.6. The highest BCUT2D eigenvalue weighted by Crippen LogP contribution is 1.99. The minimum absolute atomic E-state index is 0.115. The van der Waals surface area contributed by atoms with Crippen molar-refractivity contribution in [2.45, 2.75) is 25.8 Å². The Hall–Kier alpha value is -1.56. The van der Waals surface area contributed by atoms with Gasteiger partial charge in [0.2, 0.25) is 6.54 Å². The summed E-state index contributed by atoms with van der Waals surface area (Å²) >= 11 is 0. The molecule has 0 heterocycles. The average Bonchev–Trinajstić information content (AvgIpc) is 2.27. The molecule has 0 aromatic heterocycles. The molecule has 0 bridgehead atoms. The van der Waals surface area contributed by atoms with Gasteiger partial charge in [0, 0.05) is 13.7 Å². The van der Waals surface area contributed by atoms with E-state index in [1.54, 1.807) is 7.11 Å². The molecule has 0 saturated carbocycles. The lowest BCUT2D eigenvalue weighted by molar-refractivity contribution is -0.413. The Balaban J connectivity index is 4.15. The van der Waals surface area contributed by atoms with Crippen LogP contribution in [0, 0.1) is 0 Å². The Morgan fingerprint density at radius 2 is 2.18 bits per heavy atom. The van der Waals surface area contributed by atoms with Crippen LogP contribution < -0.4 is 5.32 Å². The number of nitrogens with zero attached hydrogens (tertiary/aromatic N) is 1. The highest BCUT2D eigenvalue weighted by atomic mass is 16.5. The number of carbonyl (C=O) groups is 3. The van der Waals surface area contributed by atoms with Gasteiger partial charge < -0.3 is 10.1 Å². The van der Waals surface area contributed by atoms with Crippen LogP contribution in [0.15, 0.2) is 0 Å². The van der Waals surface area contributed by atoms with E-state index in [4.69, 9.17) is 4.74 Å². The lowest BCUT2D eigenvalue weighted by atomic mass is 10.1. The van der Waals surface area contributed by atoms with Gasteiger partial charge in [0.25, 0.3) is 5.91 Å². The molecule has 0 aliphatic carbocycles. The third-order valence-corrected chi connectivity index (χ3v) is 2.16. The lowest BCUT2D eigenvalue weighted by Gasteiger charge is -2.14. The zero-order valence-corrected chi connectivity index (χ0v) is 10.3. The predicted octanol–water partition coefficient (Wildman–Crippen LogP) is -0.644. The van der Waals surface area contributed by atoms with E-state index in [-0.39, 0.29) is 12.3 Å². The molecule has 2 amide bonds. The molecule has 6 heteroatoms. The molecule has 0 radical (unpaired) electrons. The van der Waals surface area contributed by atoms with Crippen LogP contribution in [0.2, 0.25) is 0 Å². The van der Waals surface area contributed by atoms with Gasteiger partial charge in [-0.05, 0) is 19.8 Å². The zero-order valence-electron chi connectivity index (χ0n) is 10.3. The van der Waals surface area contributed by atoms with Crippen molar-refractivity contribution in [3.63, 3.8) is 0 Å². The third kappa shape index (κ3) is 7.35. The first-order valence-corrected chi connectivity index (χ1v) is 5.32. The van der Waals surface area contributed by atoms with Gasteiger partial charge in [0.1, 0.15) is 6.72 Å². The van der Waals surface area contributed by atoms with E-state index in [1.165, 1.54) is 6.92 Å². The number of ether oxygens (including phenoxy) is 1. The maximum Gasteiger partial charge on any atom is 0.374 e. The molecule has 0 fully saturated rings. The Morgan fingerprint density at radius 1 is 1.53 bits per heavy atom. The van der Waals surface area contributed by atoms with Gasteiger partial charge in [-0.2, -0.15) is 4.58 Å². The van der Waals surface area contributed by atoms with Crippen LogP contribution in [-0.4, -0.2) is 55.7 Å². The topological polar surface area (TPSA) is 75.5 Å². The second-order valence-electron chi connectivity index (χ2n) is 3.72. The van der Waals surface area contributed by atoms with Crippen LogP contribution in [0.3, 0.4) is 0 Å². The first-order valence-electron chi connectivity index (χ1n) is 5.32. The SMILES string of the molecule is C=[N+](C=O)CC(=O)NC(CCCOC)C(C)=O. The molecule has 0 spiro atoms. The fraction of sp³-hybridized carbons (Fsp3) is 0.636. The van der Waals surface area contributed by atoms with Gasteiger partial charge in [-0.15, -0.1) is 0 Å². The molecule has 0 aromatic carbocycles. The number of methoxy groups -OCH3 is 1. The Labute approximate surface area is 101 Å². The summed E-state index contributed by atoms with van der Waals surface area (Å²) in [6.07, 6.45) is 1.66. The van der Waals surface area contributed by atoms with E-state index in [0.717, 1.165) is 4.58 Å². The van der Waals surface area contributed by atoms with Crippen LogP contribution >= 0.6 is 0 Å². The van der Waals surface area contributed by atoms with Crippen LogP contribution in [-0.2, 0) is 19.1 Å². The highest BCUT2D eigenvalue weighted by molar-refractivity contribution is 5.88. The molecule has 17 heavy (non-hydrogen) atoms. The van der Waals surface area contributed by atoms with Crippen molar-refractivity contribution in [1.29, 1.82) is 0 Å². The van der Waals surface area contributed by atoms with Crippen molar-refractivity contribution in [1.82, 2.24) is 5.32 Å². The van der Waals surface area contributed by atoms with E-state index in [9.17, 15) is 14.4 Å². The summed E-state index contributed by atoms with van der Waals surface area (Å²) in [4.78, 5) is 33.0. The molecule has 1 unspecified atom stereocenters. The largest absolute Gasteiger partial charge is 0.385 e. The molecule has 1 N–H and O–H groups in total. The van der Waals surface area contributed by atoms with Gasteiger partial charge in [0.15, 0.2) is 5.78 Å². The summed E-state index contributed by atoms with van der Waals surface area (Å²) in [5, 5.41) is 2.56. The second-order valence-corrected chi connectivity index (χ2v) is 3.72. The summed E-state index contributed by atoms with van der Waals surface area (Å²) in [5.41, 5.74) is 0. The number of nitrogens with one attached hydrogen (secondary N) is 1. The molecule has 96 valence electrons. The van der Waals surface area contributed by atoms with E-state index >= 15 is 0 Å². The summed E-state index contributed by atoms with van der Waals surface area (Å²) in [7, 11) is 1.58. The van der Waals surface area contributed by atoms with E-state index in [0.29, 0.717) is 25.9 Å². The summed E-state index contributed by atoms with van der Waals surface area (Å²) in [5.74, 6) is -0.513. The minimum atomic E-state index is -0.530. The van der Waals surface area contributed by atoms with E-state index in [2.05, 4.69) is 12.0 Å². The van der Waals surface area contributed by atoms with E-state index in [1.807, 2.05) is 0 Å². The number of rotatable bonds is 9. The quantitative estimate of drug-likeness (QED) is 0.253. The number of hydrogen-bond acceptors (Lipinski definition) is 4. The molecule has 0 aliphatic rings. The molecule has 0 aliphatic heterocycles. The number of amides is 2.